The van der Waals surface area contributed by atoms with Gasteiger partial charge in [0.2, 0.25) is 5.88 Å². The molecule has 0 bridgehead atoms. The Kier molecular flexibility index (Phi) is 5.57. The lowest BCUT2D eigenvalue weighted by Gasteiger charge is -2.33. The maximum atomic E-state index is 5.21. The highest BCUT2D eigenvalue weighted by Crippen LogP contribution is 2.38. The molecule has 6 heteroatoms. The number of benzene rings is 1. The SMILES string of the molecule is COc1ccc(C2=Cc3c(N4CCC(c5nc(-c6ccccc6)c(C)[nH]5)CC4)ccnc3C2)cn1. The van der Waals surface area contributed by atoms with Crippen LogP contribution in [0.15, 0.2) is 60.9 Å². The van der Waals surface area contributed by atoms with E-state index in [1.807, 2.05) is 24.5 Å². The average Bonchev–Trinajstić information content (AvgIpc) is 3.53. The Morgan fingerprint density at radius 3 is 2.54 bits per heavy atom. The summed E-state index contributed by atoms with van der Waals surface area (Å²) in [6.07, 6.45) is 9.12. The summed E-state index contributed by atoms with van der Waals surface area (Å²) in [5.41, 5.74) is 9.44. The molecule has 1 aromatic carbocycles. The topological polar surface area (TPSA) is 66.9 Å². The number of aromatic nitrogens is 4. The van der Waals surface area contributed by atoms with Crippen molar-refractivity contribution in [2.24, 2.45) is 0 Å². The molecular formula is C29H29N5O. The van der Waals surface area contributed by atoms with Crippen LogP contribution >= 0.6 is 0 Å². The number of allylic oxidation sites excluding steroid dienone is 1. The highest BCUT2D eigenvalue weighted by molar-refractivity contribution is 5.91. The van der Waals surface area contributed by atoms with Crippen LogP contribution in [0.25, 0.3) is 22.9 Å². The fraction of sp³-hybridized carbons (Fsp3) is 0.276. The van der Waals surface area contributed by atoms with E-state index in [0.717, 1.165) is 60.8 Å². The third-order valence-corrected chi connectivity index (χ3v) is 7.21. The number of fused-ring (bicyclic) bond motifs is 1. The fourth-order valence-electron chi connectivity index (χ4n) is 5.31. The third-order valence-electron chi connectivity index (χ3n) is 7.21. The van der Waals surface area contributed by atoms with Gasteiger partial charge in [0.1, 0.15) is 5.82 Å². The molecule has 0 amide bonds. The van der Waals surface area contributed by atoms with Gasteiger partial charge in [0.15, 0.2) is 0 Å². The molecule has 0 atom stereocenters. The van der Waals surface area contributed by atoms with Crippen molar-refractivity contribution in [1.82, 2.24) is 19.9 Å². The first-order chi connectivity index (χ1) is 17.2. The molecule has 4 aromatic rings. The zero-order chi connectivity index (χ0) is 23.8. The summed E-state index contributed by atoms with van der Waals surface area (Å²) in [4.78, 5) is 20.2. The summed E-state index contributed by atoms with van der Waals surface area (Å²) in [5.74, 6) is 2.21. The quantitative estimate of drug-likeness (QED) is 0.413. The van der Waals surface area contributed by atoms with Gasteiger partial charge in [0.25, 0.3) is 0 Å². The number of piperidine rings is 1. The Morgan fingerprint density at radius 1 is 0.971 bits per heavy atom. The highest BCUT2D eigenvalue weighted by atomic mass is 16.5. The molecule has 0 radical (unpaired) electrons. The van der Waals surface area contributed by atoms with Gasteiger partial charge < -0.3 is 14.6 Å². The first-order valence-corrected chi connectivity index (χ1v) is 12.3. The van der Waals surface area contributed by atoms with E-state index in [1.165, 1.54) is 22.4 Å². The predicted molar refractivity (Wildman–Crippen MR) is 140 cm³/mol. The van der Waals surface area contributed by atoms with Crippen LogP contribution in [-0.4, -0.2) is 40.1 Å². The Morgan fingerprint density at radius 2 is 1.80 bits per heavy atom. The van der Waals surface area contributed by atoms with E-state index in [1.54, 1.807) is 7.11 Å². The number of nitrogens with one attached hydrogen (secondary N) is 1. The molecule has 1 saturated heterocycles. The second-order valence-electron chi connectivity index (χ2n) is 9.35. The number of pyridine rings is 2. The number of hydrogen-bond donors (Lipinski definition) is 1. The molecule has 2 aliphatic rings. The number of aromatic amines is 1. The van der Waals surface area contributed by atoms with Crippen LogP contribution in [-0.2, 0) is 6.42 Å². The van der Waals surface area contributed by atoms with Crippen LogP contribution in [0.5, 0.6) is 5.88 Å². The summed E-state index contributed by atoms with van der Waals surface area (Å²) in [5, 5.41) is 0. The first kappa shape index (κ1) is 21.6. The molecule has 0 saturated carbocycles. The van der Waals surface area contributed by atoms with E-state index in [0.29, 0.717) is 11.8 Å². The van der Waals surface area contributed by atoms with Gasteiger partial charge >= 0.3 is 0 Å². The van der Waals surface area contributed by atoms with Gasteiger partial charge in [0.05, 0.1) is 18.5 Å². The average molecular weight is 464 g/mol. The van der Waals surface area contributed by atoms with E-state index >= 15 is 0 Å². The molecule has 3 aromatic heterocycles. The Balaban J connectivity index is 1.19. The molecule has 176 valence electrons. The van der Waals surface area contributed by atoms with Crippen LogP contribution in [0.3, 0.4) is 0 Å². The normalized spacial score (nSPS) is 15.7. The number of rotatable bonds is 5. The second kappa shape index (κ2) is 9.02. The van der Waals surface area contributed by atoms with Crippen LogP contribution < -0.4 is 9.64 Å². The number of anilines is 1. The van der Waals surface area contributed by atoms with E-state index in [2.05, 4.69) is 69.2 Å². The molecule has 0 spiro atoms. The fourth-order valence-corrected chi connectivity index (χ4v) is 5.31. The number of methoxy groups -OCH3 is 1. The lowest BCUT2D eigenvalue weighted by Crippen LogP contribution is -2.33. The largest absolute Gasteiger partial charge is 0.481 e. The maximum Gasteiger partial charge on any atom is 0.212 e. The number of imidazole rings is 1. The van der Waals surface area contributed by atoms with Crippen molar-refractivity contribution in [3.63, 3.8) is 0 Å². The number of H-pyrrole nitrogens is 1. The summed E-state index contributed by atoms with van der Waals surface area (Å²) < 4.78 is 5.21. The summed E-state index contributed by atoms with van der Waals surface area (Å²) in [7, 11) is 1.64. The zero-order valence-corrected chi connectivity index (χ0v) is 20.2. The minimum atomic E-state index is 0.453. The molecule has 1 fully saturated rings. The molecule has 0 unspecified atom stereocenters. The minimum absolute atomic E-state index is 0.453. The van der Waals surface area contributed by atoms with Crippen molar-refractivity contribution >= 4 is 17.3 Å². The van der Waals surface area contributed by atoms with Crippen LogP contribution in [0, 0.1) is 6.92 Å². The van der Waals surface area contributed by atoms with Crippen molar-refractivity contribution in [2.75, 3.05) is 25.1 Å². The van der Waals surface area contributed by atoms with Gasteiger partial charge in [-0.2, -0.15) is 0 Å². The number of ether oxygens (including phenoxy) is 1. The van der Waals surface area contributed by atoms with Crippen molar-refractivity contribution in [1.29, 1.82) is 0 Å². The van der Waals surface area contributed by atoms with Crippen molar-refractivity contribution in [3.8, 4) is 17.1 Å². The Hall–Kier alpha value is -3.93. The van der Waals surface area contributed by atoms with E-state index < -0.39 is 0 Å². The third kappa shape index (κ3) is 4.09. The monoisotopic (exact) mass is 463 g/mol. The number of aryl methyl sites for hydroxylation is 1. The maximum absolute atomic E-state index is 5.21. The first-order valence-electron chi connectivity index (χ1n) is 12.3. The van der Waals surface area contributed by atoms with Crippen LogP contribution in [0.1, 0.15) is 47.1 Å². The predicted octanol–water partition coefficient (Wildman–Crippen LogP) is 5.66. The Bertz CT molecular complexity index is 1370. The van der Waals surface area contributed by atoms with Crippen molar-refractivity contribution in [3.05, 3.63) is 89.3 Å². The van der Waals surface area contributed by atoms with E-state index in [-0.39, 0.29) is 0 Å². The van der Waals surface area contributed by atoms with Gasteiger partial charge in [-0.1, -0.05) is 30.3 Å². The number of hydrogen-bond acceptors (Lipinski definition) is 5. The van der Waals surface area contributed by atoms with E-state index in [9.17, 15) is 0 Å². The second-order valence-corrected chi connectivity index (χ2v) is 9.35. The van der Waals surface area contributed by atoms with Gasteiger partial charge in [-0.3, -0.25) is 4.98 Å². The molecule has 1 aliphatic carbocycles. The lowest BCUT2D eigenvalue weighted by atomic mass is 9.95. The number of nitrogens with zero attached hydrogens (tertiary/aromatic N) is 4. The van der Waals surface area contributed by atoms with Gasteiger partial charge in [-0.15, -0.1) is 0 Å². The Labute approximate surface area is 205 Å². The summed E-state index contributed by atoms with van der Waals surface area (Å²) in [6, 6.07) is 16.6. The van der Waals surface area contributed by atoms with Gasteiger partial charge in [-0.05, 0) is 49.1 Å². The molecule has 35 heavy (non-hydrogen) atoms. The smallest absolute Gasteiger partial charge is 0.212 e. The molecule has 4 heterocycles. The van der Waals surface area contributed by atoms with Gasteiger partial charge in [-0.25, -0.2) is 9.97 Å². The van der Waals surface area contributed by atoms with Crippen molar-refractivity contribution < 1.29 is 4.74 Å². The molecular weight excluding hydrogens is 434 g/mol. The van der Waals surface area contributed by atoms with E-state index in [4.69, 9.17) is 9.72 Å². The standard InChI is InChI=1S/C29H29N5O/c1-19-28(20-6-4-3-5-7-20)33-29(32-19)21-11-14-34(15-12-21)26-10-13-30-25-17-23(16-24(25)26)22-8-9-27(35-2)31-18-22/h3-10,13,16,18,21H,11-12,14-15,17H2,1-2H3,(H,32,33). The lowest BCUT2D eigenvalue weighted by molar-refractivity contribution is 0.398. The van der Waals surface area contributed by atoms with Crippen LogP contribution in [0.4, 0.5) is 5.69 Å². The molecule has 6 rings (SSSR count). The highest BCUT2D eigenvalue weighted by Gasteiger charge is 2.27. The summed E-state index contributed by atoms with van der Waals surface area (Å²) >= 11 is 0. The zero-order valence-electron chi connectivity index (χ0n) is 20.2. The molecule has 1 N–H and O–H groups in total. The van der Waals surface area contributed by atoms with Gasteiger partial charge in [0, 0.05) is 66.4 Å². The van der Waals surface area contributed by atoms with Crippen molar-refractivity contribution in [2.45, 2.75) is 32.1 Å². The van der Waals surface area contributed by atoms with Crippen LogP contribution in [0.2, 0.25) is 0 Å². The summed E-state index contributed by atoms with van der Waals surface area (Å²) in [6.45, 7) is 4.14. The molecule has 6 nitrogen and oxygen atoms in total. The minimum Gasteiger partial charge on any atom is -0.481 e. The molecule has 1 aliphatic heterocycles.